The first-order valence-electron chi connectivity index (χ1n) is 7.13. The number of amides is 1. The first-order chi connectivity index (χ1) is 9.60. The Bertz CT molecular complexity index is 450. The van der Waals surface area contributed by atoms with Crippen LogP contribution in [0.3, 0.4) is 0 Å². The van der Waals surface area contributed by atoms with E-state index in [2.05, 4.69) is 5.32 Å². The average molecular weight is 278 g/mol. The lowest BCUT2D eigenvalue weighted by molar-refractivity contribution is 0.0728. The number of aromatic hydroxyl groups is 2. The van der Waals surface area contributed by atoms with Gasteiger partial charge in [-0.3, -0.25) is 4.79 Å². The third-order valence-electron chi connectivity index (χ3n) is 3.70. The molecule has 3 N–H and O–H groups in total. The second kappa shape index (κ2) is 6.61. The van der Waals surface area contributed by atoms with E-state index < -0.39 is 0 Å². The summed E-state index contributed by atoms with van der Waals surface area (Å²) in [6, 6.07) is 4.01. The van der Waals surface area contributed by atoms with Crippen molar-refractivity contribution in [2.24, 2.45) is 5.92 Å². The number of hydrogen-bond acceptors (Lipinski definition) is 4. The number of nitrogens with zero attached hydrogens (tertiary/aromatic N) is 1. The van der Waals surface area contributed by atoms with Gasteiger partial charge in [0.25, 0.3) is 5.91 Å². The van der Waals surface area contributed by atoms with Crippen LogP contribution in [0.25, 0.3) is 0 Å². The van der Waals surface area contributed by atoms with Crippen LogP contribution in [0.15, 0.2) is 18.2 Å². The smallest absolute Gasteiger partial charge is 0.254 e. The zero-order valence-electron chi connectivity index (χ0n) is 11.8. The zero-order chi connectivity index (χ0) is 14.5. The maximum absolute atomic E-state index is 12.4. The molecule has 2 rings (SSSR count). The lowest BCUT2D eigenvalue weighted by Gasteiger charge is -2.29. The van der Waals surface area contributed by atoms with Crippen LogP contribution in [-0.2, 0) is 0 Å². The van der Waals surface area contributed by atoms with E-state index >= 15 is 0 Å². The third-order valence-corrected chi connectivity index (χ3v) is 3.70. The largest absolute Gasteiger partial charge is 0.508 e. The van der Waals surface area contributed by atoms with E-state index in [1.54, 1.807) is 4.90 Å². The molecule has 0 bridgehead atoms. The number of benzene rings is 1. The van der Waals surface area contributed by atoms with Crippen molar-refractivity contribution in [1.82, 2.24) is 10.2 Å². The fourth-order valence-corrected chi connectivity index (χ4v) is 2.65. The molecule has 1 aromatic rings. The fraction of sp³-hybridized carbons (Fsp3) is 0.533. The molecule has 1 unspecified atom stereocenters. The lowest BCUT2D eigenvalue weighted by Crippen LogP contribution is -2.41. The highest BCUT2D eigenvalue weighted by atomic mass is 16.3. The summed E-state index contributed by atoms with van der Waals surface area (Å²) in [6.07, 6.45) is 2.27. The first-order valence-corrected chi connectivity index (χ1v) is 7.13. The molecule has 0 aromatic heterocycles. The monoisotopic (exact) mass is 278 g/mol. The van der Waals surface area contributed by atoms with Crippen molar-refractivity contribution in [3.63, 3.8) is 0 Å². The molecule has 5 heteroatoms. The molecule has 1 fully saturated rings. The SMILES string of the molecule is CCN(CC1CCCNC1)C(=O)c1cc(O)cc(O)c1. The van der Waals surface area contributed by atoms with E-state index in [-0.39, 0.29) is 17.4 Å². The standard InChI is InChI=1S/C15H22N2O3/c1-2-17(10-11-4-3-5-16-9-11)15(20)12-6-13(18)8-14(19)7-12/h6-8,11,16,18-19H,2-5,9-10H2,1H3. The average Bonchev–Trinajstić information content (AvgIpc) is 2.44. The minimum atomic E-state index is -0.149. The maximum atomic E-state index is 12.4. The molecule has 1 aliphatic heterocycles. The number of nitrogens with one attached hydrogen (secondary N) is 1. The number of phenols is 2. The van der Waals surface area contributed by atoms with Gasteiger partial charge in [-0.1, -0.05) is 0 Å². The highest BCUT2D eigenvalue weighted by Crippen LogP contribution is 2.22. The van der Waals surface area contributed by atoms with Gasteiger partial charge in [-0.15, -0.1) is 0 Å². The number of piperidine rings is 1. The minimum Gasteiger partial charge on any atom is -0.508 e. The van der Waals surface area contributed by atoms with E-state index in [0.717, 1.165) is 25.9 Å². The highest BCUT2D eigenvalue weighted by molar-refractivity contribution is 5.95. The normalized spacial score (nSPS) is 18.8. The van der Waals surface area contributed by atoms with Crippen molar-refractivity contribution in [3.05, 3.63) is 23.8 Å². The number of hydrogen-bond donors (Lipinski definition) is 3. The van der Waals surface area contributed by atoms with Gasteiger partial charge in [-0.05, 0) is 50.9 Å². The van der Waals surface area contributed by atoms with Gasteiger partial charge in [0.05, 0.1) is 0 Å². The molecule has 1 atom stereocenters. The number of phenolic OH excluding ortho intramolecular Hbond substituents is 2. The summed E-state index contributed by atoms with van der Waals surface area (Å²) in [7, 11) is 0. The Labute approximate surface area is 119 Å². The maximum Gasteiger partial charge on any atom is 0.254 e. The number of rotatable bonds is 4. The first kappa shape index (κ1) is 14.7. The van der Waals surface area contributed by atoms with Crippen LogP contribution in [0.5, 0.6) is 11.5 Å². The van der Waals surface area contributed by atoms with Gasteiger partial charge in [0.1, 0.15) is 11.5 Å². The quantitative estimate of drug-likeness (QED) is 0.781. The van der Waals surface area contributed by atoms with Crippen LogP contribution in [0.1, 0.15) is 30.1 Å². The molecule has 0 aliphatic carbocycles. The van der Waals surface area contributed by atoms with E-state index in [4.69, 9.17) is 0 Å². The van der Waals surface area contributed by atoms with E-state index in [1.165, 1.54) is 18.2 Å². The predicted octanol–water partition coefficient (Wildman–Crippen LogP) is 1.56. The molecule has 1 aromatic carbocycles. The van der Waals surface area contributed by atoms with Gasteiger partial charge in [-0.25, -0.2) is 0 Å². The Kier molecular flexibility index (Phi) is 4.84. The Morgan fingerprint density at radius 1 is 1.35 bits per heavy atom. The molecule has 5 nitrogen and oxygen atoms in total. The van der Waals surface area contributed by atoms with Crippen LogP contribution in [-0.4, -0.2) is 47.2 Å². The summed E-state index contributed by atoms with van der Waals surface area (Å²) in [6.45, 7) is 5.26. The third kappa shape index (κ3) is 3.63. The number of carbonyl (C=O) groups excluding carboxylic acids is 1. The molecule has 1 amide bonds. The Morgan fingerprint density at radius 3 is 2.60 bits per heavy atom. The molecule has 1 saturated heterocycles. The fourth-order valence-electron chi connectivity index (χ4n) is 2.65. The summed E-state index contributed by atoms with van der Waals surface area (Å²) in [4.78, 5) is 14.2. The van der Waals surface area contributed by atoms with Gasteiger partial charge in [-0.2, -0.15) is 0 Å². The summed E-state index contributed by atoms with van der Waals surface area (Å²) < 4.78 is 0. The molecule has 110 valence electrons. The van der Waals surface area contributed by atoms with Crippen LogP contribution in [0.2, 0.25) is 0 Å². The lowest BCUT2D eigenvalue weighted by atomic mass is 9.98. The van der Waals surface area contributed by atoms with Crippen molar-refractivity contribution in [2.75, 3.05) is 26.2 Å². The van der Waals surface area contributed by atoms with Gasteiger partial charge < -0.3 is 20.4 Å². The van der Waals surface area contributed by atoms with Crippen molar-refractivity contribution in [3.8, 4) is 11.5 Å². The van der Waals surface area contributed by atoms with Gasteiger partial charge in [0.2, 0.25) is 0 Å². The zero-order valence-corrected chi connectivity index (χ0v) is 11.8. The Morgan fingerprint density at radius 2 is 2.05 bits per heavy atom. The van der Waals surface area contributed by atoms with Crippen LogP contribution < -0.4 is 5.32 Å². The molecule has 1 heterocycles. The van der Waals surface area contributed by atoms with E-state index in [9.17, 15) is 15.0 Å². The highest BCUT2D eigenvalue weighted by Gasteiger charge is 2.21. The van der Waals surface area contributed by atoms with Crippen LogP contribution in [0, 0.1) is 5.92 Å². The topological polar surface area (TPSA) is 72.8 Å². The second-order valence-corrected chi connectivity index (χ2v) is 5.29. The van der Waals surface area contributed by atoms with E-state index in [1.807, 2.05) is 6.92 Å². The Balaban J connectivity index is 2.07. The molecule has 0 spiro atoms. The molecule has 0 saturated carbocycles. The molecular weight excluding hydrogens is 256 g/mol. The molecule has 1 aliphatic rings. The van der Waals surface area contributed by atoms with Crippen molar-refractivity contribution in [2.45, 2.75) is 19.8 Å². The van der Waals surface area contributed by atoms with Gasteiger partial charge in [0, 0.05) is 24.7 Å². The minimum absolute atomic E-state index is 0.0938. The summed E-state index contributed by atoms with van der Waals surface area (Å²) in [5.41, 5.74) is 0.327. The number of carbonyl (C=O) groups is 1. The molecule has 20 heavy (non-hydrogen) atoms. The predicted molar refractivity (Wildman–Crippen MR) is 76.9 cm³/mol. The Hall–Kier alpha value is -1.75. The molecule has 0 radical (unpaired) electrons. The second-order valence-electron chi connectivity index (χ2n) is 5.29. The summed E-state index contributed by atoms with van der Waals surface area (Å²) in [5, 5.41) is 22.3. The van der Waals surface area contributed by atoms with Crippen molar-refractivity contribution in [1.29, 1.82) is 0 Å². The van der Waals surface area contributed by atoms with Crippen molar-refractivity contribution >= 4 is 5.91 Å². The van der Waals surface area contributed by atoms with Gasteiger partial charge in [0.15, 0.2) is 0 Å². The summed E-state index contributed by atoms with van der Waals surface area (Å²) >= 11 is 0. The van der Waals surface area contributed by atoms with Crippen LogP contribution >= 0.6 is 0 Å². The van der Waals surface area contributed by atoms with Gasteiger partial charge >= 0.3 is 0 Å². The van der Waals surface area contributed by atoms with Crippen molar-refractivity contribution < 1.29 is 15.0 Å². The molecular formula is C15H22N2O3. The van der Waals surface area contributed by atoms with E-state index in [0.29, 0.717) is 24.6 Å². The van der Waals surface area contributed by atoms with Crippen LogP contribution in [0.4, 0.5) is 0 Å². The summed E-state index contributed by atoms with van der Waals surface area (Å²) in [5.74, 6) is 0.135.